The SMILES string of the molecule is CC(C)c1csc(NC(=O)c2cc(F)cc(N)c2F)n1. The van der Waals surface area contributed by atoms with Crippen LogP contribution >= 0.6 is 11.3 Å². The number of aromatic nitrogens is 1. The number of hydrogen-bond donors (Lipinski definition) is 2. The van der Waals surface area contributed by atoms with Crippen molar-refractivity contribution in [2.75, 3.05) is 11.1 Å². The molecule has 0 aliphatic rings. The molecule has 1 aromatic carbocycles. The van der Waals surface area contributed by atoms with Crippen molar-refractivity contribution in [1.29, 1.82) is 0 Å². The fourth-order valence-corrected chi connectivity index (χ4v) is 2.42. The van der Waals surface area contributed by atoms with Crippen LogP contribution in [-0.4, -0.2) is 10.9 Å². The fraction of sp³-hybridized carbons (Fsp3) is 0.231. The van der Waals surface area contributed by atoms with E-state index >= 15 is 0 Å². The second-order valence-electron chi connectivity index (χ2n) is 4.54. The van der Waals surface area contributed by atoms with Gasteiger partial charge in [0, 0.05) is 5.38 Å². The van der Waals surface area contributed by atoms with Crippen molar-refractivity contribution in [3.63, 3.8) is 0 Å². The van der Waals surface area contributed by atoms with Gasteiger partial charge in [0.25, 0.3) is 5.91 Å². The number of amides is 1. The number of nitrogens with zero attached hydrogens (tertiary/aromatic N) is 1. The largest absolute Gasteiger partial charge is 0.396 e. The molecule has 7 heteroatoms. The van der Waals surface area contributed by atoms with Crippen molar-refractivity contribution < 1.29 is 13.6 Å². The van der Waals surface area contributed by atoms with E-state index in [0.717, 1.165) is 17.8 Å². The van der Waals surface area contributed by atoms with Crippen molar-refractivity contribution >= 4 is 28.1 Å². The Balaban J connectivity index is 2.23. The molecule has 20 heavy (non-hydrogen) atoms. The molecule has 0 saturated heterocycles. The van der Waals surface area contributed by atoms with E-state index in [-0.39, 0.29) is 5.92 Å². The first-order valence-corrected chi connectivity index (χ1v) is 6.77. The van der Waals surface area contributed by atoms with Crippen molar-refractivity contribution in [2.45, 2.75) is 19.8 Å². The molecule has 106 valence electrons. The number of carbonyl (C=O) groups excluding carboxylic acids is 1. The highest BCUT2D eigenvalue weighted by Gasteiger charge is 2.17. The van der Waals surface area contributed by atoms with Crippen LogP contribution in [0.3, 0.4) is 0 Å². The molecule has 1 amide bonds. The zero-order valence-electron chi connectivity index (χ0n) is 10.9. The standard InChI is InChI=1S/C13H13F2N3OS/c1-6(2)10-5-20-13(17-10)18-12(19)8-3-7(14)4-9(16)11(8)15/h3-6H,16H2,1-2H3,(H,17,18,19). The summed E-state index contributed by atoms with van der Waals surface area (Å²) in [4.78, 5) is 16.1. The number of nitrogens with two attached hydrogens (primary N) is 1. The van der Waals surface area contributed by atoms with Crippen LogP contribution in [0, 0.1) is 11.6 Å². The summed E-state index contributed by atoms with van der Waals surface area (Å²) in [5.41, 5.74) is 5.27. The lowest BCUT2D eigenvalue weighted by Crippen LogP contribution is -2.15. The molecule has 4 nitrogen and oxygen atoms in total. The molecule has 0 unspecified atom stereocenters. The Morgan fingerprint density at radius 3 is 2.70 bits per heavy atom. The minimum absolute atomic E-state index is 0.221. The number of thiazole rings is 1. The topological polar surface area (TPSA) is 68.0 Å². The molecule has 0 fully saturated rings. The molecular formula is C13H13F2N3OS. The van der Waals surface area contributed by atoms with Crippen molar-refractivity contribution in [3.8, 4) is 0 Å². The van der Waals surface area contributed by atoms with E-state index in [2.05, 4.69) is 10.3 Å². The van der Waals surface area contributed by atoms with Crippen LogP contribution in [0.2, 0.25) is 0 Å². The highest BCUT2D eigenvalue weighted by Crippen LogP contribution is 2.23. The van der Waals surface area contributed by atoms with E-state index in [9.17, 15) is 13.6 Å². The van der Waals surface area contributed by atoms with Crippen molar-refractivity contribution in [3.05, 3.63) is 40.4 Å². The minimum atomic E-state index is -0.940. The van der Waals surface area contributed by atoms with Crippen molar-refractivity contribution in [2.24, 2.45) is 0 Å². The third kappa shape index (κ3) is 2.93. The van der Waals surface area contributed by atoms with E-state index in [4.69, 9.17) is 5.73 Å². The maximum Gasteiger partial charge on any atom is 0.260 e. The van der Waals surface area contributed by atoms with Gasteiger partial charge in [0.2, 0.25) is 0 Å². The summed E-state index contributed by atoms with van der Waals surface area (Å²) in [6, 6.07) is 1.63. The van der Waals surface area contributed by atoms with Gasteiger partial charge in [0.05, 0.1) is 16.9 Å². The lowest BCUT2D eigenvalue weighted by molar-refractivity contribution is 0.102. The molecule has 0 aliphatic carbocycles. The van der Waals surface area contributed by atoms with Gasteiger partial charge in [-0.15, -0.1) is 11.3 Å². The first kappa shape index (κ1) is 14.4. The Morgan fingerprint density at radius 2 is 2.10 bits per heavy atom. The van der Waals surface area contributed by atoms with Crippen LogP contribution in [0.5, 0.6) is 0 Å². The maximum absolute atomic E-state index is 13.7. The average Bonchev–Trinajstić information content (AvgIpc) is 2.82. The molecule has 3 N–H and O–H groups in total. The van der Waals surface area contributed by atoms with Gasteiger partial charge >= 0.3 is 0 Å². The Labute approximate surface area is 118 Å². The molecule has 2 rings (SSSR count). The Hall–Kier alpha value is -2.02. The molecule has 0 atom stereocenters. The fourth-order valence-electron chi connectivity index (χ4n) is 1.55. The van der Waals surface area contributed by atoms with Gasteiger partial charge in [0.15, 0.2) is 10.9 Å². The highest BCUT2D eigenvalue weighted by molar-refractivity contribution is 7.14. The first-order valence-electron chi connectivity index (χ1n) is 5.89. The molecule has 0 bridgehead atoms. The summed E-state index contributed by atoms with van der Waals surface area (Å²) in [5, 5.41) is 4.57. The van der Waals surface area contributed by atoms with Gasteiger partial charge in [-0.2, -0.15) is 0 Å². The van der Waals surface area contributed by atoms with E-state index in [1.807, 2.05) is 13.8 Å². The number of benzene rings is 1. The first-order chi connectivity index (χ1) is 9.38. The van der Waals surface area contributed by atoms with Crippen LogP contribution in [0.1, 0.15) is 35.8 Å². The number of nitrogens with one attached hydrogen (secondary N) is 1. The highest BCUT2D eigenvalue weighted by atomic mass is 32.1. The summed E-state index contributed by atoms with van der Waals surface area (Å²) in [5.74, 6) is -2.27. The lowest BCUT2D eigenvalue weighted by Gasteiger charge is -2.05. The van der Waals surface area contributed by atoms with Gasteiger partial charge < -0.3 is 5.73 Å². The normalized spacial score (nSPS) is 10.8. The van der Waals surface area contributed by atoms with Gasteiger partial charge in [-0.05, 0) is 18.1 Å². The third-order valence-electron chi connectivity index (χ3n) is 2.64. The number of nitrogen functional groups attached to an aromatic ring is 1. The predicted molar refractivity (Wildman–Crippen MR) is 74.9 cm³/mol. The zero-order chi connectivity index (χ0) is 14.9. The van der Waals surface area contributed by atoms with E-state index < -0.39 is 28.8 Å². The minimum Gasteiger partial charge on any atom is -0.396 e. The molecular weight excluding hydrogens is 284 g/mol. The second kappa shape index (κ2) is 5.54. The summed E-state index contributed by atoms with van der Waals surface area (Å²) in [6.07, 6.45) is 0. The number of anilines is 2. The van der Waals surface area contributed by atoms with Gasteiger partial charge in [-0.1, -0.05) is 13.8 Å². The predicted octanol–water partition coefficient (Wildman–Crippen LogP) is 3.38. The van der Waals surface area contributed by atoms with Gasteiger partial charge in [-0.25, -0.2) is 13.8 Å². The monoisotopic (exact) mass is 297 g/mol. The molecule has 0 radical (unpaired) electrons. The Morgan fingerprint density at radius 1 is 1.40 bits per heavy atom. The second-order valence-corrected chi connectivity index (χ2v) is 5.40. The number of halogens is 2. The third-order valence-corrected chi connectivity index (χ3v) is 3.42. The summed E-state index contributed by atoms with van der Waals surface area (Å²) in [6.45, 7) is 3.93. The quantitative estimate of drug-likeness (QED) is 0.853. The summed E-state index contributed by atoms with van der Waals surface area (Å²) < 4.78 is 26.9. The molecule has 2 aromatic rings. The smallest absolute Gasteiger partial charge is 0.260 e. The van der Waals surface area contributed by atoms with Crippen LogP contribution in [-0.2, 0) is 0 Å². The lowest BCUT2D eigenvalue weighted by atomic mass is 10.1. The Kier molecular flexibility index (Phi) is 3.99. The van der Waals surface area contributed by atoms with Crippen LogP contribution in [0.4, 0.5) is 19.6 Å². The van der Waals surface area contributed by atoms with Crippen LogP contribution < -0.4 is 11.1 Å². The maximum atomic E-state index is 13.7. The Bertz CT molecular complexity index is 655. The summed E-state index contributed by atoms with van der Waals surface area (Å²) in [7, 11) is 0. The van der Waals surface area contributed by atoms with Gasteiger partial charge in [-0.3, -0.25) is 10.1 Å². The molecule has 0 spiro atoms. The zero-order valence-corrected chi connectivity index (χ0v) is 11.7. The molecule has 1 heterocycles. The average molecular weight is 297 g/mol. The molecule has 0 aliphatic heterocycles. The molecule has 1 aromatic heterocycles. The number of hydrogen-bond acceptors (Lipinski definition) is 4. The number of rotatable bonds is 3. The van der Waals surface area contributed by atoms with Crippen LogP contribution in [0.15, 0.2) is 17.5 Å². The van der Waals surface area contributed by atoms with Crippen LogP contribution in [0.25, 0.3) is 0 Å². The summed E-state index contributed by atoms with van der Waals surface area (Å²) >= 11 is 1.22. The van der Waals surface area contributed by atoms with Crippen molar-refractivity contribution in [1.82, 2.24) is 4.98 Å². The number of carbonyl (C=O) groups is 1. The van der Waals surface area contributed by atoms with Gasteiger partial charge in [0.1, 0.15) is 5.82 Å². The van der Waals surface area contributed by atoms with E-state index in [1.165, 1.54) is 11.3 Å². The van der Waals surface area contributed by atoms with E-state index in [0.29, 0.717) is 5.13 Å². The van der Waals surface area contributed by atoms with E-state index in [1.54, 1.807) is 5.38 Å². The molecule has 0 saturated carbocycles.